The normalized spacial score (nSPS) is 22.2. The molecular weight excluding hydrogens is 336 g/mol. The molecule has 25 heavy (non-hydrogen) atoms. The van der Waals surface area contributed by atoms with Crippen LogP contribution in [0.5, 0.6) is 0 Å². The fourth-order valence-electron chi connectivity index (χ4n) is 3.87. The Morgan fingerprint density at radius 1 is 1.08 bits per heavy atom. The van der Waals surface area contributed by atoms with Gasteiger partial charge in [-0.05, 0) is 24.5 Å². The van der Waals surface area contributed by atoms with Gasteiger partial charge in [-0.2, -0.15) is 0 Å². The summed E-state index contributed by atoms with van der Waals surface area (Å²) >= 11 is 0. The molecule has 6 heteroatoms. The Hall–Kier alpha value is -1.21. The predicted molar refractivity (Wildman–Crippen MR) is 101 cm³/mol. The molecule has 1 saturated carbocycles. The number of nitrogens with zero attached hydrogens (tertiary/aromatic N) is 1. The van der Waals surface area contributed by atoms with Crippen molar-refractivity contribution in [1.29, 1.82) is 0 Å². The van der Waals surface area contributed by atoms with Crippen LogP contribution < -0.4 is 4.72 Å². The van der Waals surface area contributed by atoms with E-state index in [9.17, 15) is 8.42 Å². The summed E-state index contributed by atoms with van der Waals surface area (Å²) in [6.07, 6.45) is 7.32. The average Bonchev–Trinajstić information content (AvgIpc) is 2.67. The van der Waals surface area contributed by atoms with Crippen LogP contribution in [-0.2, 0) is 14.8 Å². The lowest BCUT2D eigenvalue weighted by molar-refractivity contribution is -0.0348. The quantitative estimate of drug-likeness (QED) is 0.843. The first-order valence-corrected chi connectivity index (χ1v) is 10.7. The van der Waals surface area contributed by atoms with Crippen molar-refractivity contribution >= 4 is 16.1 Å². The summed E-state index contributed by atoms with van der Waals surface area (Å²) in [7, 11) is -3.44. The molecule has 1 aromatic rings. The minimum atomic E-state index is -3.44. The lowest BCUT2D eigenvalue weighted by Crippen LogP contribution is -2.59. The minimum absolute atomic E-state index is 0.0598. The summed E-state index contributed by atoms with van der Waals surface area (Å²) in [5.41, 5.74) is 0.823. The van der Waals surface area contributed by atoms with Gasteiger partial charge < -0.3 is 4.74 Å². The number of nitrogens with one attached hydrogen (secondary N) is 1. The van der Waals surface area contributed by atoms with E-state index in [4.69, 9.17) is 4.74 Å². The maximum absolute atomic E-state index is 12.4. The predicted octanol–water partition coefficient (Wildman–Crippen LogP) is 2.61. The molecule has 138 valence electrons. The van der Waals surface area contributed by atoms with Crippen LogP contribution in [0.1, 0.15) is 37.7 Å². The van der Waals surface area contributed by atoms with E-state index in [1.54, 1.807) is 6.08 Å². The maximum Gasteiger partial charge on any atom is 0.233 e. The number of benzene rings is 1. The van der Waals surface area contributed by atoms with Crippen LogP contribution >= 0.6 is 0 Å². The van der Waals surface area contributed by atoms with Gasteiger partial charge in [-0.3, -0.25) is 4.90 Å². The van der Waals surface area contributed by atoms with Crippen LogP contribution in [0, 0.1) is 0 Å². The number of hydrogen-bond acceptors (Lipinski definition) is 4. The third kappa shape index (κ3) is 5.14. The molecule has 1 aliphatic carbocycles. The van der Waals surface area contributed by atoms with Crippen molar-refractivity contribution in [1.82, 2.24) is 9.62 Å². The molecule has 3 rings (SSSR count). The molecule has 2 fully saturated rings. The van der Waals surface area contributed by atoms with E-state index < -0.39 is 10.0 Å². The number of ether oxygens (including phenoxy) is 1. The highest BCUT2D eigenvalue weighted by atomic mass is 32.2. The van der Waals surface area contributed by atoms with E-state index in [2.05, 4.69) is 9.62 Å². The van der Waals surface area contributed by atoms with Gasteiger partial charge in [-0.15, -0.1) is 0 Å². The zero-order valence-corrected chi connectivity index (χ0v) is 15.5. The first-order valence-electron chi connectivity index (χ1n) is 9.15. The fourth-order valence-corrected chi connectivity index (χ4v) is 4.77. The summed E-state index contributed by atoms with van der Waals surface area (Å²) in [5, 5.41) is 1.28. The molecule has 0 aromatic heterocycles. The molecule has 2 aliphatic rings. The monoisotopic (exact) mass is 364 g/mol. The third-order valence-corrected chi connectivity index (χ3v) is 6.35. The van der Waals surface area contributed by atoms with Crippen LogP contribution in [0.2, 0.25) is 0 Å². The van der Waals surface area contributed by atoms with Gasteiger partial charge in [0.2, 0.25) is 10.0 Å². The number of morpholine rings is 1. The molecule has 0 spiro atoms. The third-order valence-electron chi connectivity index (χ3n) is 5.31. The van der Waals surface area contributed by atoms with Crippen molar-refractivity contribution < 1.29 is 13.2 Å². The van der Waals surface area contributed by atoms with E-state index in [-0.39, 0.29) is 5.54 Å². The molecule has 0 unspecified atom stereocenters. The van der Waals surface area contributed by atoms with Gasteiger partial charge in [0.15, 0.2) is 0 Å². The highest BCUT2D eigenvalue weighted by Gasteiger charge is 2.39. The van der Waals surface area contributed by atoms with Gasteiger partial charge in [0.25, 0.3) is 0 Å². The molecular formula is C19H28N2O3S. The largest absolute Gasteiger partial charge is 0.379 e. The van der Waals surface area contributed by atoms with Crippen LogP contribution in [0.4, 0.5) is 0 Å². The summed E-state index contributed by atoms with van der Waals surface area (Å²) in [4.78, 5) is 2.44. The van der Waals surface area contributed by atoms with Gasteiger partial charge in [-0.25, -0.2) is 13.1 Å². The van der Waals surface area contributed by atoms with E-state index in [0.29, 0.717) is 6.54 Å². The molecule has 1 saturated heterocycles. The molecule has 1 N–H and O–H groups in total. The molecule has 1 aliphatic heterocycles. The van der Waals surface area contributed by atoms with Crippen molar-refractivity contribution in [3.05, 3.63) is 41.3 Å². The second-order valence-electron chi connectivity index (χ2n) is 6.96. The maximum atomic E-state index is 12.4. The fraction of sp³-hybridized carbons (Fsp3) is 0.579. The topological polar surface area (TPSA) is 58.6 Å². The standard InChI is InChI=1S/C19H28N2O3S/c22-25(23,16-9-18-7-3-1-4-8-18)20-17-19(10-5-2-6-11-19)21-12-14-24-15-13-21/h1,3-4,7-9,16,20H,2,5-6,10-15,17H2. The Morgan fingerprint density at radius 2 is 1.76 bits per heavy atom. The zero-order valence-electron chi connectivity index (χ0n) is 14.7. The van der Waals surface area contributed by atoms with Crippen LogP contribution in [0.15, 0.2) is 35.7 Å². The Kier molecular flexibility index (Phi) is 6.28. The SMILES string of the molecule is O=S(=O)(C=Cc1ccccc1)NCC1(N2CCOCC2)CCCCC1. The van der Waals surface area contributed by atoms with Gasteiger partial charge in [0.05, 0.1) is 13.2 Å². The summed E-state index contributed by atoms with van der Waals surface area (Å²) in [6.45, 7) is 3.74. The number of hydrogen-bond donors (Lipinski definition) is 1. The summed E-state index contributed by atoms with van der Waals surface area (Å²) in [6, 6.07) is 9.49. The highest BCUT2D eigenvalue weighted by Crippen LogP contribution is 2.34. The smallest absolute Gasteiger partial charge is 0.233 e. The molecule has 0 radical (unpaired) electrons. The van der Waals surface area contributed by atoms with Crippen molar-refractivity contribution in [3.63, 3.8) is 0 Å². The van der Waals surface area contributed by atoms with Crippen LogP contribution in [-0.4, -0.2) is 51.7 Å². The zero-order chi connectivity index (χ0) is 17.6. The Balaban J connectivity index is 1.66. The number of sulfonamides is 1. The lowest BCUT2D eigenvalue weighted by atomic mass is 9.80. The molecule has 5 nitrogen and oxygen atoms in total. The summed E-state index contributed by atoms with van der Waals surface area (Å²) in [5.74, 6) is 0. The molecule has 0 amide bonds. The Bertz CT molecular complexity index is 661. The van der Waals surface area contributed by atoms with Gasteiger partial charge >= 0.3 is 0 Å². The second kappa shape index (κ2) is 8.45. The molecule has 0 bridgehead atoms. The van der Waals surface area contributed by atoms with Crippen molar-refractivity contribution in [2.45, 2.75) is 37.6 Å². The lowest BCUT2D eigenvalue weighted by Gasteiger charge is -2.48. The van der Waals surface area contributed by atoms with E-state index in [1.807, 2.05) is 30.3 Å². The second-order valence-corrected chi connectivity index (χ2v) is 8.61. The molecule has 1 heterocycles. The van der Waals surface area contributed by atoms with Gasteiger partial charge in [0, 0.05) is 30.6 Å². The van der Waals surface area contributed by atoms with E-state index >= 15 is 0 Å². The Morgan fingerprint density at radius 3 is 2.44 bits per heavy atom. The van der Waals surface area contributed by atoms with Crippen LogP contribution in [0.3, 0.4) is 0 Å². The first-order chi connectivity index (χ1) is 12.1. The molecule has 1 aromatic carbocycles. The van der Waals surface area contributed by atoms with E-state index in [1.165, 1.54) is 24.7 Å². The average molecular weight is 365 g/mol. The highest BCUT2D eigenvalue weighted by molar-refractivity contribution is 7.92. The minimum Gasteiger partial charge on any atom is -0.379 e. The van der Waals surface area contributed by atoms with Gasteiger partial charge in [0.1, 0.15) is 0 Å². The van der Waals surface area contributed by atoms with Crippen LogP contribution in [0.25, 0.3) is 6.08 Å². The Labute approximate surface area is 151 Å². The molecule has 0 atom stereocenters. The van der Waals surface area contributed by atoms with Crippen molar-refractivity contribution in [2.24, 2.45) is 0 Å². The van der Waals surface area contributed by atoms with E-state index in [0.717, 1.165) is 44.7 Å². The number of rotatable bonds is 6. The van der Waals surface area contributed by atoms with Crippen molar-refractivity contribution in [2.75, 3.05) is 32.8 Å². The van der Waals surface area contributed by atoms with Crippen molar-refractivity contribution in [3.8, 4) is 0 Å². The first kappa shape index (κ1) is 18.6. The summed E-state index contributed by atoms with van der Waals surface area (Å²) < 4.78 is 33.2. The van der Waals surface area contributed by atoms with Gasteiger partial charge in [-0.1, -0.05) is 49.6 Å².